The van der Waals surface area contributed by atoms with Crippen molar-refractivity contribution in [2.45, 2.75) is 13.0 Å². The van der Waals surface area contributed by atoms with Gasteiger partial charge in [0.05, 0.1) is 6.04 Å². The van der Waals surface area contributed by atoms with Crippen LogP contribution in [0.5, 0.6) is 11.5 Å². The summed E-state index contributed by atoms with van der Waals surface area (Å²) in [5.74, 6) is 1.08. The molecule has 3 rings (SSSR count). The predicted octanol–water partition coefficient (Wildman–Crippen LogP) is 2.95. The minimum atomic E-state index is -0.522. The third-order valence-electron chi connectivity index (χ3n) is 3.41. The second-order valence-electron chi connectivity index (χ2n) is 4.91. The number of fused-ring (bicyclic) bond motifs is 1. The Morgan fingerprint density at radius 1 is 1.05 bits per heavy atom. The van der Waals surface area contributed by atoms with E-state index in [1.165, 1.54) is 6.07 Å². The number of aryl methyl sites for hydroxylation is 1. The summed E-state index contributed by atoms with van der Waals surface area (Å²) in [7, 11) is 0. The molecule has 1 atom stereocenters. The number of hydrogen-bond acceptors (Lipinski definition) is 3. The number of benzene rings is 2. The molecule has 0 radical (unpaired) electrons. The molecule has 3 nitrogen and oxygen atoms in total. The fraction of sp³-hybridized carbons (Fsp3) is 0.250. The van der Waals surface area contributed by atoms with Gasteiger partial charge in [0.25, 0.3) is 0 Å². The topological polar surface area (TPSA) is 44.5 Å². The molecule has 0 aromatic heterocycles. The number of halogens is 1. The first-order valence-electron chi connectivity index (χ1n) is 6.56. The molecule has 1 aliphatic heterocycles. The lowest BCUT2D eigenvalue weighted by atomic mass is 9.97. The molecule has 1 unspecified atom stereocenters. The lowest BCUT2D eigenvalue weighted by Gasteiger charge is -2.21. The highest BCUT2D eigenvalue weighted by Gasteiger charge is 2.18. The molecule has 0 saturated heterocycles. The Labute approximate surface area is 117 Å². The average Bonchev–Trinajstić information content (AvgIpc) is 2.48. The molecule has 0 amide bonds. The number of rotatable bonds is 2. The first-order chi connectivity index (χ1) is 9.65. The zero-order valence-corrected chi connectivity index (χ0v) is 11.2. The Balaban J connectivity index is 1.97. The third kappa shape index (κ3) is 2.34. The van der Waals surface area contributed by atoms with Crippen molar-refractivity contribution in [2.75, 3.05) is 13.2 Å². The van der Waals surface area contributed by atoms with Crippen molar-refractivity contribution in [3.63, 3.8) is 0 Å². The maximum atomic E-state index is 13.9. The van der Waals surface area contributed by atoms with E-state index in [4.69, 9.17) is 15.2 Å². The SMILES string of the molecule is Cc1ccc(F)c(C(N)c2ccc3c(c2)OCCO3)c1. The summed E-state index contributed by atoms with van der Waals surface area (Å²) >= 11 is 0. The van der Waals surface area contributed by atoms with Gasteiger partial charge >= 0.3 is 0 Å². The first-order valence-corrected chi connectivity index (χ1v) is 6.56. The molecular formula is C16H16FNO2. The predicted molar refractivity (Wildman–Crippen MR) is 74.6 cm³/mol. The molecule has 0 saturated carbocycles. The number of hydrogen-bond donors (Lipinski definition) is 1. The molecule has 0 bridgehead atoms. The molecule has 1 aliphatic rings. The zero-order chi connectivity index (χ0) is 14.1. The number of ether oxygens (including phenoxy) is 2. The molecule has 20 heavy (non-hydrogen) atoms. The first kappa shape index (κ1) is 12.9. The van der Waals surface area contributed by atoms with E-state index in [1.807, 2.05) is 25.1 Å². The zero-order valence-electron chi connectivity index (χ0n) is 11.2. The van der Waals surface area contributed by atoms with Crippen LogP contribution in [0.4, 0.5) is 4.39 Å². The highest BCUT2D eigenvalue weighted by atomic mass is 19.1. The Kier molecular flexibility index (Phi) is 3.32. The molecule has 104 valence electrons. The fourth-order valence-corrected chi connectivity index (χ4v) is 2.33. The molecular weight excluding hydrogens is 257 g/mol. The minimum absolute atomic E-state index is 0.294. The van der Waals surface area contributed by atoms with Crippen molar-refractivity contribution in [1.82, 2.24) is 0 Å². The van der Waals surface area contributed by atoms with Gasteiger partial charge in [-0.25, -0.2) is 4.39 Å². The average molecular weight is 273 g/mol. The quantitative estimate of drug-likeness (QED) is 0.915. The van der Waals surface area contributed by atoms with E-state index in [2.05, 4.69) is 0 Å². The van der Waals surface area contributed by atoms with Crippen LogP contribution in [-0.2, 0) is 0 Å². The lowest BCUT2D eigenvalue weighted by molar-refractivity contribution is 0.171. The van der Waals surface area contributed by atoms with Crippen molar-refractivity contribution in [3.05, 3.63) is 58.9 Å². The van der Waals surface area contributed by atoms with Gasteiger partial charge in [-0.15, -0.1) is 0 Å². The summed E-state index contributed by atoms with van der Waals surface area (Å²) in [6.45, 7) is 2.98. The van der Waals surface area contributed by atoms with Gasteiger partial charge < -0.3 is 15.2 Å². The highest BCUT2D eigenvalue weighted by molar-refractivity contribution is 5.46. The molecule has 0 fully saturated rings. The maximum Gasteiger partial charge on any atom is 0.161 e. The Morgan fingerprint density at radius 3 is 2.60 bits per heavy atom. The smallest absolute Gasteiger partial charge is 0.161 e. The molecule has 2 aromatic carbocycles. The standard InChI is InChI=1S/C16H16FNO2/c1-10-2-4-13(17)12(8-10)16(18)11-3-5-14-15(9-11)20-7-6-19-14/h2-5,8-9,16H,6-7,18H2,1H3. The van der Waals surface area contributed by atoms with Crippen molar-refractivity contribution in [1.29, 1.82) is 0 Å². The normalized spacial score (nSPS) is 14.9. The summed E-state index contributed by atoms with van der Waals surface area (Å²) in [5, 5.41) is 0. The van der Waals surface area contributed by atoms with Gasteiger partial charge in [0.2, 0.25) is 0 Å². The van der Waals surface area contributed by atoms with Crippen LogP contribution in [-0.4, -0.2) is 13.2 Å². The van der Waals surface area contributed by atoms with E-state index in [-0.39, 0.29) is 5.82 Å². The van der Waals surface area contributed by atoms with Crippen molar-refractivity contribution in [2.24, 2.45) is 5.73 Å². The molecule has 1 heterocycles. The van der Waals surface area contributed by atoms with Crippen molar-refractivity contribution >= 4 is 0 Å². The summed E-state index contributed by atoms with van der Waals surface area (Å²) in [4.78, 5) is 0. The summed E-state index contributed by atoms with van der Waals surface area (Å²) in [6.07, 6.45) is 0. The van der Waals surface area contributed by atoms with Crippen LogP contribution in [0.2, 0.25) is 0 Å². The molecule has 2 N–H and O–H groups in total. The van der Waals surface area contributed by atoms with Gasteiger partial charge in [0.15, 0.2) is 11.5 Å². The van der Waals surface area contributed by atoms with Crippen LogP contribution in [0.25, 0.3) is 0 Å². The van der Waals surface area contributed by atoms with Crippen LogP contribution in [0.15, 0.2) is 36.4 Å². The van der Waals surface area contributed by atoms with E-state index in [0.29, 0.717) is 30.3 Å². The second kappa shape index (κ2) is 5.13. The van der Waals surface area contributed by atoms with Gasteiger partial charge in [0.1, 0.15) is 19.0 Å². The fourth-order valence-electron chi connectivity index (χ4n) is 2.33. The Hall–Kier alpha value is -2.07. The van der Waals surface area contributed by atoms with Crippen LogP contribution in [0.3, 0.4) is 0 Å². The molecule has 2 aromatic rings. The van der Waals surface area contributed by atoms with Crippen molar-refractivity contribution < 1.29 is 13.9 Å². The molecule has 4 heteroatoms. The monoisotopic (exact) mass is 273 g/mol. The van der Waals surface area contributed by atoms with E-state index >= 15 is 0 Å². The van der Waals surface area contributed by atoms with E-state index in [0.717, 1.165) is 11.1 Å². The van der Waals surface area contributed by atoms with E-state index in [1.54, 1.807) is 12.1 Å². The number of nitrogens with two attached hydrogens (primary N) is 1. The third-order valence-corrected chi connectivity index (χ3v) is 3.41. The van der Waals surface area contributed by atoms with Crippen LogP contribution >= 0.6 is 0 Å². The lowest BCUT2D eigenvalue weighted by Crippen LogP contribution is -2.17. The summed E-state index contributed by atoms with van der Waals surface area (Å²) in [5.41, 5.74) is 8.46. The van der Waals surface area contributed by atoms with Crippen LogP contribution in [0, 0.1) is 12.7 Å². The Morgan fingerprint density at radius 2 is 1.80 bits per heavy atom. The van der Waals surface area contributed by atoms with Gasteiger partial charge in [-0.2, -0.15) is 0 Å². The highest BCUT2D eigenvalue weighted by Crippen LogP contribution is 2.34. The van der Waals surface area contributed by atoms with E-state index < -0.39 is 6.04 Å². The molecule has 0 aliphatic carbocycles. The van der Waals surface area contributed by atoms with Gasteiger partial charge in [-0.05, 0) is 30.7 Å². The summed E-state index contributed by atoms with van der Waals surface area (Å²) < 4.78 is 24.9. The van der Waals surface area contributed by atoms with Crippen molar-refractivity contribution in [3.8, 4) is 11.5 Å². The van der Waals surface area contributed by atoms with Gasteiger partial charge in [-0.1, -0.05) is 23.8 Å². The minimum Gasteiger partial charge on any atom is -0.486 e. The van der Waals surface area contributed by atoms with Gasteiger partial charge in [-0.3, -0.25) is 0 Å². The largest absolute Gasteiger partial charge is 0.486 e. The molecule has 0 spiro atoms. The summed E-state index contributed by atoms with van der Waals surface area (Å²) in [6, 6.07) is 9.92. The van der Waals surface area contributed by atoms with Crippen LogP contribution in [0.1, 0.15) is 22.7 Å². The van der Waals surface area contributed by atoms with E-state index in [9.17, 15) is 4.39 Å². The second-order valence-corrected chi connectivity index (χ2v) is 4.91. The maximum absolute atomic E-state index is 13.9. The Bertz CT molecular complexity index is 642. The van der Waals surface area contributed by atoms with Crippen LogP contribution < -0.4 is 15.2 Å². The van der Waals surface area contributed by atoms with Gasteiger partial charge in [0, 0.05) is 5.56 Å².